The van der Waals surface area contributed by atoms with Crippen molar-refractivity contribution in [1.82, 2.24) is 0 Å². The molecule has 0 heterocycles. The van der Waals surface area contributed by atoms with Crippen LogP contribution < -0.4 is 0 Å². The average molecular weight is 277 g/mol. The Labute approximate surface area is 87.0 Å². The van der Waals surface area contributed by atoms with E-state index in [2.05, 4.69) is 0 Å². The van der Waals surface area contributed by atoms with Crippen LogP contribution in [0.1, 0.15) is 13.8 Å². The van der Waals surface area contributed by atoms with Crippen molar-refractivity contribution in [3.63, 3.8) is 0 Å². The van der Waals surface area contributed by atoms with Gasteiger partial charge in [-0.05, 0) is 0 Å². The van der Waals surface area contributed by atoms with Crippen LogP contribution in [0.2, 0.25) is 11.1 Å². The first-order chi connectivity index (χ1) is 4.18. The molecule has 1 atom stereocenters. The van der Waals surface area contributed by atoms with Crippen LogP contribution in [0.3, 0.4) is 0 Å². The summed E-state index contributed by atoms with van der Waals surface area (Å²) in [5, 5.41) is 9.12. The van der Waals surface area contributed by atoms with Crippen LogP contribution in [0.25, 0.3) is 5.73 Å². The van der Waals surface area contributed by atoms with E-state index in [1.807, 2.05) is 5.82 Å². The van der Waals surface area contributed by atoms with Crippen molar-refractivity contribution < 1.29 is 29.4 Å². The first-order valence-electron chi connectivity index (χ1n) is 2.61. The number of nitrogens with one attached hydrogen (secondary N) is 1. The van der Waals surface area contributed by atoms with Crippen molar-refractivity contribution >= 4 is 20.9 Å². The molecule has 0 radical (unpaired) electrons. The van der Waals surface area contributed by atoms with Gasteiger partial charge in [-0.3, -0.25) is 0 Å². The molecule has 0 bridgehead atoms. The van der Waals surface area contributed by atoms with Gasteiger partial charge in [0.25, 0.3) is 0 Å². The second kappa shape index (κ2) is 10.6. The van der Waals surface area contributed by atoms with E-state index in [4.69, 9.17) is 10.8 Å². The van der Waals surface area contributed by atoms with Gasteiger partial charge in [0.1, 0.15) is 0 Å². The summed E-state index contributed by atoms with van der Waals surface area (Å²) in [5.74, 6) is 1.04. The zero-order valence-corrected chi connectivity index (χ0v) is 10.6. The normalized spacial score (nSPS) is 10.7. The van der Waals surface area contributed by atoms with Gasteiger partial charge in [-0.1, -0.05) is 7.43 Å². The zero-order valence-electron chi connectivity index (χ0n) is 5.96. The van der Waals surface area contributed by atoms with Crippen molar-refractivity contribution in [3.05, 3.63) is 5.73 Å². The molecule has 0 unspecified atom stereocenters. The fourth-order valence-corrected chi connectivity index (χ4v) is 1.35. The van der Waals surface area contributed by atoms with E-state index in [1.54, 1.807) is 0 Å². The van der Waals surface area contributed by atoms with Gasteiger partial charge < -0.3 is 0 Å². The van der Waals surface area contributed by atoms with Gasteiger partial charge in [-0.25, -0.2) is 0 Å². The molecule has 0 saturated heterocycles. The fourth-order valence-electron chi connectivity index (χ4n) is 0.359. The van der Waals surface area contributed by atoms with Crippen LogP contribution in [0.4, 0.5) is 0 Å². The van der Waals surface area contributed by atoms with Crippen LogP contribution in [0.5, 0.6) is 0 Å². The number of carbonyl (C=O) groups is 1. The Bertz CT molecular complexity index is 103. The predicted octanol–water partition coefficient (Wildman–Crippen LogP) is 1.69. The first-order valence-corrected chi connectivity index (χ1v) is 5.53. The minimum absolute atomic E-state index is 0. The molecular formula is C6H14NO2SeZn-. The molecule has 0 amide bonds. The second-order valence-corrected chi connectivity index (χ2v) is 3.74. The molecule has 64 valence electrons. The van der Waals surface area contributed by atoms with Crippen LogP contribution in [0.15, 0.2) is 0 Å². The maximum Gasteiger partial charge on any atom is 0 e. The van der Waals surface area contributed by atoms with E-state index in [9.17, 15) is 4.79 Å². The van der Waals surface area contributed by atoms with Gasteiger partial charge >= 0.3 is 60.2 Å². The van der Waals surface area contributed by atoms with E-state index < -0.39 is 12.0 Å². The van der Waals surface area contributed by atoms with Gasteiger partial charge in [-0.2, -0.15) is 0 Å². The maximum atomic E-state index is 10.0. The molecule has 0 fully saturated rings. The molecule has 0 aliphatic heterocycles. The Morgan fingerprint density at radius 3 is 2.45 bits per heavy atom. The third-order valence-corrected chi connectivity index (χ3v) is 2.26. The van der Waals surface area contributed by atoms with Crippen molar-refractivity contribution in [1.29, 1.82) is 0 Å². The number of hydrogen-bond acceptors (Lipinski definition) is 1. The number of hydrogen-bond donors (Lipinski definition) is 1. The summed E-state index contributed by atoms with van der Waals surface area (Å²) in [5.41, 5.74) is 6.94. The first kappa shape index (κ1) is 17.6. The van der Waals surface area contributed by atoms with Crippen LogP contribution >= 0.6 is 0 Å². The summed E-state index contributed by atoms with van der Waals surface area (Å²) in [4.78, 5) is 10.0. The smallest absolute Gasteiger partial charge is 0 e. The minimum Gasteiger partial charge on any atom is 0 e. The minimum atomic E-state index is -1.00. The van der Waals surface area contributed by atoms with Crippen LogP contribution in [-0.2, 0) is 24.3 Å². The molecule has 0 saturated carbocycles. The number of carboxylic acids is 1. The second-order valence-electron chi connectivity index (χ2n) is 1.67. The standard InChI is InChI=1S/C5H10NO2Se.CH4.Zn/c1-9-3-2-4(6)5(7)8;;/h4,6H,2-3H2,1H3,(H,7,8);1H4;/q-1;;/t4-;;/m0../s1. The van der Waals surface area contributed by atoms with Crippen LogP contribution in [0, 0.1) is 0 Å². The molecule has 0 aromatic heterocycles. The Kier molecular flexibility index (Phi) is 16.9. The van der Waals surface area contributed by atoms with Gasteiger partial charge in [0.05, 0.1) is 0 Å². The molecule has 0 spiro atoms. The largest absolute Gasteiger partial charge is 0 e. The Hall–Kier alpha value is 0.573. The summed E-state index contributed by atoms with van der Waals surface area (Å²) in [6.07, 6.45) is 0.506. The monoisotopic (exact) mass is 276 g/mol. The van der Waals surface area contributed by atoms with E-state index >= 15 is 0 Å². The molecule has 2 N–H and O–H groups in total. The summed E-state index contributed by atoms with van der Waals surface area (Å²) >= 11 is 0.509. The molecule has 0 aromatic rings. The van der Waals surface area contributed by atoms with E-state index in [0.29, 0.717) is 21.4 Å². The topological polar surface area (TPSA) is 61.1 Å². The van der Waals surface area contributed by atoms with Gasteiger partial charge in [0.2, 0.25) is 0 Å². The average Bonchev–Trinajstić information content (AvgIpc) is 1.82. The van der Waals surface area contributed by atoms with Crippen LogP contribution in [-0.4, -0.2) is 32.1 Å². The molecule has 5 heteroatoms. The third kappa shape index (κ3) is 10.6. The fraction of sp³-hybridized carbons (Fsp3) is 0.833. The van der Waals surface area contributed by atoms with Gasteiger partial charge in [0, 0.05) is 19.5 Å². The number of aliphatic carboxylic acids is 1. The Morgan fingerprint density at radius 2 is 2.18 bits per heavy atom. The van der Waals surface area contributed by atoms with Crippen molar-refractivity contribution in [2.24, 2.45) is 0 Å². The quantitative estimate of drug-likeness (QED) is 0.794. The van der Waals surface area contributed by atoms with Crippen molar-refractivity contribution in [2.45, 2.75) is 31.0 Å². The maximum absolute atomic E-state index is 10.0. The molecule has 0 aliphatic rings. The molecule has 0 rings (SSSR count). The third-order valence-electron chi connectivity index (χ3n) is 0.909. The van der Waals surface area contributed by atoms with Gasteiger partial charge in [-0.15, -0.1) is 0 Å². The molecule has 3 nitrogen and oxygen atoms in total. The Balaban J connectivity index is -0.000000320. The van der Waals surface area contributed by atoms with E-state index in [-0.39, 0.29) is 26.9 Å². The SMILES string of the molecule is C.C[Se]CC[C@H]([NH-])C(=O)O.[Zn]. The predicted molar refractivity (Wildman–Crippen MR) is 43.5 cm³/mol. The molecule has 0 aliphatic carbocycles. The summed E-state index contributed by atoms with van der Waals surface area (Å²) in [7, 11) is 0. The summed E-state index contributed by atoms with van der Waals surface area (Å²) in [6, 6.07) is -0.896. The van der Waals surface area contributed by atoms with Gasteiger partial charge in [0.15, 0.2) is 0 Å². The zero-order chi connectivity index (χ0) is 7.28. The van der Waals surface area contributed by atoms with E-state index in [0.717, 1.165) is 5.32 Å². The van der Waals surface area contributed by atoms with Crippen molar-refractivity contribution in [2.75, 3.05) is 0 Å². The number of rotatable bonds is 4. The molecule has 0 aromatic carbocycles. The molecule has 11 heavy (non-hydrogen) atoms. The molecular weight excluding hydrogens is 262 g/mol. The van der Waals surface area contributed by atoms with Crippen molar-refractivity contribution in [3.8, 4) is 0 Å². The Morgan fingerprint density at radius 1 is 1.73 bits per heavy atom. The summed E-state index contributed by atoms with van der Waals surface area (Å²) in [6.45, 7) is 0. The number of carboxylic acid groups (broad SMARTS) is 1. The van der Waals surface area contributed by atoms with E-state index in [1.165, 1.54) is 0 Å². The summed E-state index contributed by atoms with van der Waals surface area (Å²) < 4.78 is 0.